The Kier molecular flexibility index (Phi) is 7.36. The molecule has 0 saturated heterocycles. The van der Waals surface area contributed by atoms with Crippen molar-refractivity contribution in [3.63, 3.8) is 0 Å². The molecule has 0 unspecified atom stereocenters. The Bertz CT molecular complexity index is 182. The second kappa shape index (κ2) is 8.06. The average Bonchev–Trinajstić information content (AvgIpc) is 2.09. The lowest BCUT2D eigenvalue weighted by Gasteiger charge is -1.91. The second-order valence-electron chi connectivity index (χ2n) is 2.72. The molecule has 0 fully saturated rings. The van der Waals surface area contributed by atoms with Crippen molar-refractivity contribution in [2.75, 3.05) is 0 Å². The summed E-state index contributed by atoms with van der Waals surface area (Å²) in [5.74, 6) is 0. The molecule has 0 saturated carbocycles. The normalized spacial score (nSPS) is 11.1. The zero-order valence-electron chi connectivity index (χ0n) is 7.92. The van der Waals surface area contributed by atoms with E-state index < -0.39 is 0 Å². The summed E-state index contributed by atoms with van der Waals surface area (Å²) in [7, 11) is 0. The van der Waals surface area contributed by atoms with Crippen molar-refractivity contribution in [1.82, 2.24) is 0 Å². The van der Waals surface area contributed by atoms with E-state index in [0.717, 1.165) is 12.0 Å². The van der Waals surface area contributed by atoms with Crippen molar-refractivity contribution in [2.24, 2.45) is 0 Å². The maximum absolute atomic E-state index is 3.90. The van der Waals surface area contributed by atoms with E-state index in [4.69, 9.17) is 0 Å². The van der Waals surface area contributed by atoms with Crippen LogP contribution >= 0.6 is 0 Å². The van der Waals surface area contributed by atoms with Gasteiger partial charge in [0.2, 0.25) is 0 Å². The molecule has 0 heterocycles. The van der Waals surface area contributed by atoms with E-state index in [1.54, 1.807) is 6.08 Å². The maximum Gasteiger partial charge on any atom is -0.0103 e. The van der Waals surface area contributed by atoms with Crippen LogP contribution in [0.25, 0.3) is 0 Å². The molecule has 0 aliphatic rings. The molecule has 66 valence electrons. The first kappa shape index (κ1) is 11.0. The Morgan fingerprint density at radius 2 is 2.08 bits per heavy atom. The van der Waals surface area contributed by atoms with Gasteiger partial charge in [-0.1, -0.05) is 62.5 Å². The van der Waals surface area contributed by atoms with Crippen molar-refractivity contribution in [3.8, 4) is 0 Å². The third kappa shape index (κ3) is 7.07. The first-order valence-electron chi connectivity index (χ1n) is 4.43. The fraction of sp³-hybridized carbons (Fsp3) is 0.333. The first-order valence-corrected chi connectivity index (χ1v) is 4.43. The molecule has 0 aromatic carbocycles. The summed E-state index contributed by atoms with van der Waals surface area (Å²) in [5, 5.41) is 0. The highest BCUT2D eigenvalue weighted by molar-refractivity contribution is 5.20. The molecule has 0 aliphatic carbocycles. The van der Waals surface area contributed by atoms with E-state index in [2.05, 4.69) is 32.2 Å². The van der Waals surface area contributed by atoms with Gasteiger partial charge in [0.25, 0.3) is 0 Å². The minimum Gasteiger partial charge on any atom is -0.0991 e. The highest BCUT2D eigenvalue weighted by Gasteiger charge is 1.81. The van der Waals surface area contributed by atoms with Crippen molar-refractivity contribution in [3.05, 3.63) is 49.1 Å². The van der Waals surface area contributed by atoms with Crippen molar-refractivity contribution in [1.29, 1.82) is 0 Å². The van der Waals surface area contributed by atoms with Crippen LogP contribution in [-0.4, -0.2) is 0 Å². The maximum atomic E-state index is 3.90. The van der Waals surface area contributed by atoms with Crippen LogP contribution in [0.2, 0.25) is 0 Å². The van der Waals surface area contributed by atoms with Crippen LogP contribution in [-0.2, 0) is 0 Å². The van der Waals surface area contributed by atoms with Crippen LogP contribution in [0.4, 0.5) is 0 Å². The summed E-state index contributed by atoms with van der Waals surface area (Å²) in [6.45, 7) is 9.68. The zero-order valence-corrected chi connectivity index (χ0v) is 7.92. The van der Waals surface area contributed by atoms with E-state index in [9.17, 15) is 0 Å². The lowest BCUT2D eigenvalue weighted by molar-refractivity contribution is 0.954. The highest BCUT2D eigenvalue weighted by Crippen LogP contribution is 2.02. The van der Waals surface area contributed by atoms with Crippen LogP contribution in [0.3, 0.4) is 0 Å². The van der Waals surface area contributed by atoms with Gasteiger partial charge in [-0.25, -0.2) is 0 Å². The molecule has 0 rings (SSSR count). The predicted molar refractivity (Wildman–Crippen MR) is 57.1 cm³/mol. The van der Waals surface area contributed by atoms with Gasteiger partial charge in [0, 0.05) is 0 Å². The largest absolute Gasteiger partial charge is 0.0991 e. The minimum atomic E-state index is 0.949. The van der Waals surface area contributed by atoms with Crippen molar-refractivity contribution in [2.45, 2.75) is 26.2 Å². The van der Waals surface area contributed by atoms with Crippen LogP contribution < -0.4 is 0 Å². The second-order valence-corrected chi connectivity index (χ2v) is 2.72. The van der Waals surface area contributed by atoms with Gasteiger partial charge >= 0.3 is 0 Å². The van der Waals surface area contributed by atoms with Gasteiger partial charge in [0.05, 0.1) is 0 Å². The van der Waals surface area contributed by atoms with Gasteiger partial charge in [0.1, 0.15) is 0 Å². The topological polar surface area (TPSA) is 0 Å². The average molecular weight is 162 g/mol. The van der Waals surface area contributed by atoms with Gasteiger partial charge in [-0.15, -0.1) is 0 Å². The minimum absolute atomic E-state index is 0.949. The molecule has 0 atom stereocenters. The Labute approximate surface area is 76.0 Å². The van der Waals surface area contributed by atoms with Gasteiger partial charge in [-0.05, 0) is 12.8 Å². The van der Waals surface area contributed by atoms with Crippen LogP contribution in [0.15, 0.2) is 49.1 Å². The quantitative estimate of drug-likeness (QED) is 0.408. The molecule has 12 heavy (non-hydrogen) atoms. The molecule has 0 bridgehead atoms. The summed E-state index contributed by atoms with van der Waals surface area (Å²) >= 11 is 0. The SMILES string of the molecule is C=CC=CC(=C)CC=CCCC. The predicted octanol–water partition coefficient (Wildman–Crippen LogP) is 4.03. The first-order chi connectivity index (χ1) is 5.81. The summed E-state index contributed by atoms with van der Waals surface area (Å²) < 4.78 is 0. The van der Waals surface area contributed by atoms with Gasteiger partial charge < -0.3 is 0 Å². The van der Waals surface area contributed by atoms with E-state index in [1.165, 1.54) is 12.8 Å². The number of rotatable bonds is 6. The molecule has 0 radical (unpaired) electrons. The summed E-state index contributed by atoms with van der Waals surface area (Å²) in [6.07, 6.45) is 13.4. The standard InChI is InChI=1S/C12H18/c1-4-6-8-9-11-12(3)10-7-5-2/h5,7-10H,2-4,6,11H2,1H3. The van der Waals surface area contributed by atoms with E-state index in [1.807, 2.05) is 12.2 Å². The molecule has 0 aromatic heterocycles. The van der Waals surface area contributed by atoms with Crippen molar-refractivity contribution >= 4 is 0 Å². The molecule has 0 N–H and O–H groups in total. The molecule has 0 aromatic rings. The molecule has 0 heteroatoms. The molecule has 0 amide bonds. The fourth-order valence-corrected chi connectivity index (χ4v) is 0.791. The van der Waals surface area contributed by atoms with Crippen LogP contribution in [0, 0.1) is 0 Å². The Hall–Kier alpha value is -1.04. The molecule has 0 spiro atoms. The number of hydrogen-bond acceptors (Lipinski definition) is 0. The third-order valence-corrected chi connectivity index (χ3v) is 1.47. The Balaban J connectivity index is 3.56. The van der Waals surface area contributed by atoms with E-state index in [0.29, 0.717) is 0 Å². The van der Waals surface area contributed by atoms with Crippen LogP contribution in [0.5, 0.6) is 0 Å². The molecule has 0 nitrogen and oxygen atoms in total. The van der Waals surface area contributed by atoms with Gasteiger partial charge in [-0.3, -0.25) is 0 Å². The lowest BCUT2D eigenvalue weighted by Crippen LogP contribution is -1.71. The summed E-state index contributed by atoms with van der Waals surface area (Å²) in [5.41, 5.74) is 1.13. The monoisotopic (exact) mass is 162 g/mol. The summed E-state index contributed by atoms with van der Waals surface area (Å²) in [6, 6.07) is 0. The Morgan fingerprint density at radius 1 is 1.33 bits per heavy atom. The fourth-order valence-electron chi connectivity index (χ4n) is 0.791. The number of allylic oxidation sites excluding steroid dienone is 6. The Morgan fingerprint density at radius 3 is 2.67 bits per heavy atom. The lowest BCUT2D eigenvalue weighted by atomic mass is 10.2. The van der Waals surface area contributed by atoms with Gasteiger partial charge in [0.15, 0.2) is 0 Å². The molecule has 0 aliphatic heterocycles. The van der Waals surface area contributed by atoms with Crippen LogP contribution in [0.1, 0.15) is 26.2 Å². The van der Waals surface area contributed by atoms with Crippen molar-refractivity contribution < 1.29 is 0 Å². The van der Waals surface area contributed by atoms with E-state index >= 15 is 0 Å². The van der Waals surface area contributed by atoms with E-state index in [-0.39, 0.29) is 0 Å². The van der Waals surface area contributed by atoms with Gasteiger partial charge in [-0.2, -0.15) is 0 Å². The number of hydrogen-bond donors (Lipinski definition) is 0. The highest BCUT2D eigenvalue weighted by atomic mass is 13.9. The third-order valence-electron chi connectivity index (χ3n) is 1.47. The summed E-state index contributed by atoms with van der Waals surface area (Å²) in [4.78, 5) is 0. The number of unbranched alkanes of at least 4 members (excludes halogenated alkanes) is 1. The molecular weight excluding hydrogens is 144 g/mol. The molecular formula is C12H18. The zero-order chi connectivity index (χ0) is 9.23. The smallest absolute Gasteiger partial charge is 0.0103 e.